The molecule has 0 saturated heterocycles. The van der Waals surface area contributed by atoms with Crippen molar-refractivity contribution in [2.24, 2.45) is 0 Å². The van der Waals surface area contributed by atoms with Crippen LogP contribution < -0.4 is 10.2 Å². The molecule has 34 heavy (non-hydrogen) atoms. The Morgan fingerprint density at radius 3 is 2.56 bits per heavy atom. The van der Waals surface area contributed by atoms with E-state index in [1.54, 1.807) is 6.07 Å². The molecule has 1 aromatic heterocycles. The van der Waals surface area contributed by atoms with Crippen molar-refractivity contribution in [3.05, 3.63) is 106 Å². The maximum atomic E-state index is 14.1. The van der Waals surface area contributed by atoms with Crippen molar-refractivity contribution < 1.29 is 8.91 Å². The maximum absolute atomic E-state index is 14.1. The normalized spacial score (nSPS) is 16.1. The summed E-state index contributed by atoms with van der Waals surface area (Å²) >= 11 is 12.1. The van der Waals surface area contributed by atoms with E-state index in [2.05, 4.69) is 15.5 Å². The van der Waals surface area contributed by atoms with E-state index in [0.29, 0.717) is 33.0 Å². The van der Waals surface area contributed by atoms with Crippen molar-refractivity contribution in [2.45, 2.75) is 19.9 Å². The highest BCUT2D eigenvalue weighted by molar-refractivity contribution is 7.80. The fourth-order valence-electron chi connectivity index (χ4n) is 4.03. The second-order valence-corrected chi connectivity index (χ2v) is 8.79. The van der Waals surface area contributed by atoms with Crippen molar-refractivity contribution in [3.63, 3.8) is 0 Å². The molecule has 0 fully saturated rings. The molecule has 4 aromatic rings. The number of nitrogens with zero attached hydrogens (tertiary/aromatic N) is 3. The third kappa shape index (κ3) is 4.08. The van der Waals surface area contributed by atoms with Crippen LogP contribution in [0.5, 0.6) is 0 Å². The Morgan fingerprint density at radius 2 is 1.82 bits per heavy atom. The summed E-state index contributed by atoms with van der Waals surface area (Å²) in [6, 6.07) is 21.2. The molecule has 0 amide bonds. The number of aromatic nitrogens is 2. The summed E-state index contributed by atoms with van der Waals surface area (Å²) in [6.45, 7) is 3.87. The Bertz CT molecular complexity index is 1420. The number of hydrogen-bond acceptors (Lipinski definition) is 4. The smallest absolute Gasteiger partial charge is 0.258 e. The minimum Gasteiger partial charge on any atom is -0.351 e. The topological polar surface area (TPSA) is 54.2 Å². The van der Waals surface area contributed by atoms with E-state index in [0.717, 1.165) is 22.5 Å². The summed E-state index contributed by atoms with van der Waals surface area (Å²) in [5.74, 6) is 0.446. The molecule has 5 nitrogen and oxygen atoms in total. The number of hydrogen-bond donors (Lipinski definition) is 1. The molecule has 1 atom stereocenters. The zero-order chi connectivity index (χ0) is 23.8. The third-order valence-electron chi connectivity index (χ3n) is 5.77. The summed E-state index contributed by atoms with van der Waals surface area (Å²) < 4.78 is 19.9. The molecule has 0 bridgehead atoms. The van der Waals surface area contributed by atoms with Gasteiger partial charge in [0.15, 0.2) is 5.11 Å². The molecule has 2 heterocycles. The van der Waals surface area contributed by atoms with E-state index in [9.17, 15) is 4.39 Å². The average molecular weight is 491 g/mol. The van der Waals surface area contributed by atoms with Crippen molar-refractivity contribution >= 4 is 40.2 Å². The van der Waals surface area contributed by atoms with E-state index in [4.69, 9.17) is 28.3 Å². The number of rotatable bonds is 4. The Labute approximate surface area is 206 Å². The van der Waals surface area contributed by atoms with Crippen LogP contribution in [-0.2, 0) is 0 Å². The molecule has 0 radical (unpaired) electrons. The van der Waals surface area contributed by atoms with Gasteiger partial charge in [-0.25, -0.2) is 4.39 Å². The molecule has 1 aliphatic rings. The Kier molecular flexibility index (Phi) is 5.89. The fourth-order valence-corrected chi connectivity index (χ4v) is 4.56. The molecule has 1 unspecified atom stereocenters. The number of aryl methyl sites for hydroxylation is 1. The third-order valence-corrected chi connectivity index (χ3v) is 6.48. The predicted octanol–water partition coefficient (Wildman–Crippen LogP) is 6.70. The van der Waals surface area contributed by atoms with Gasteiger partial charge in [0.05, 0.1) is 11.6 Å². The van der Waals surface area contributed by atoms with Gasteiger partial charge in [0.2, 0.25) is 5.82 Å². The largest absolute Gasteiger partial charge is 0.351 e. The first-order valence-corrected chi connectivity index (χ1v) is 11.4. The lowest BCUT2D eigenvalue weighted by Crippen LogP contribution is -2.46. The quantitative estimate of drug-likeness (QED) is 0.321. The van der Waals surface area contributed by atoms with Gasteiger partial charge in [0.25, 0.3) is 5.89 Å². The molecule has 3 aromatic carbocycles. The lowest BCUT2D eigenvalue weighted by atomic mass is 9.94. The molecule has 8 heteroatoms. The van der Waals surface area contributed by atoms with Crippen LogP contribution in [0.4, 0.5) is 10.1 Å². The Hall–Kier alpha value is -3.55. The first kappa shape index (κ1) is 22.3. The monoisotopic (exact) mass is 490 g/mol. The van der Waals surface area contributed by atoms with E-state index < -0.39 is 6.04 Å². The summed E-state index contributed by atoms with van der Waals surface area (Å²) in [6.07, 6.45) is 0. The lowest BCUT2D eigenvalue weighted by Gasteiger charge is -2.37. The minimum absolute atomic E-state index is 0.323. The fraction of sp³-hybridized carbons (Fsp3) is 0.115. The van der Waals surface area contributed by atoms with Crippen molar-refractivity contribution in [1.82, 2.24) is 15.5 Å². The number of benzene rings is 3. The Balaban J connectivity index is 1.67. The van der Waals surface area contributed by atoms with Crippen LogP contribution in [0.25, 0.3) is 17.0 Å². The Morgan fingerprint density at radius 1 is 1.03 bits per heavy atom. The first-order valence-electron chi connectivity index (χ1n) is 10.6. The first-order chi connectivity index (χ1) is 16.4. The molecule has 0 saturated carbocycles. The number of anilines is 1. The van der Waals surface area contributed by atoms with E-state index in [-0.39, 0.29) is 5.82 Å². The zero-order valence-corrected chi connectivity index (χ0v) is 20.0. The number of halogens is 2. The van der Waals surface area contributed by atoms with Gasteiger partial charge in [0.1, 0.15) is 5.82 Å². The zero-order valence-electron chi connectivity index (χ0n) is 18.4. The van der Waals surface area contributed by atoms with Gasteiger partial charge >= 0.3 is 0 Å². The van der Waals surface area contributed by atoms with Gasteiger partial charge in [-0.05, 0) is 61.5 Å². The summed E-state index contributed by atoms with van der Waals surface area (Å²) in [7, 11) is 0. The maximum Gasteiger partial charge on any atom is 0.258 e. The standard InChI is InChI=1S/C26H20ClFN4OS/c1-15-11-12-20(14-21(15)27)32-16(2)22(23(29-26(32)34)18-9-6-10-19(28)13-18)25-30-24(31-33-25)17-7-4-3-5-8-17/h3-14,23H,1-2H3,(H,29,34). The minimum atomic E-state index is -0.482. The van der Waals surface area contributed by atoms with Gasteiger partial charge in [0, 0.05) is 22.0 Å². The van der Waals surface area contributed by atoms with Crippen LogP contribution in [0, 0.1) is 12.7 Å². The lowest BCUT2D eigenvalue weighted by molar-refractivity contribution is 0.404. The van der Waals surface area contributed by atoms with Gasteiger partial charge in [-0.2, -0.15) is 4.98 Å². The van der Waals surface area contributed by atoms with E-state index in [1.807, 2.05) is 73.3 Å². The van der Waals surface area contributed by atoms with Gasteiger partial charge in [-0.15, -0.1) is 0 Å². The van der Waals surface area contributed by atoms with Crippen molar-refractivity contribution in [1.29, 1.82) is 0 Å². The summed E-state index contributed by atoms with van der Waals surface area (Å²) in [5, 5.41) is 8.61. The SMILES string of the molecule is CC1=C(c2nc(-c3ccccc3)no2)C(c2cccc(F)c2)NC(=S)N1c1ccc(C)c(Cl)c1. The average Bonchev–Trinajstić information content (AvgIpc) is 3.31. The van der Waals surface area contributed by atoms with Crippen molar-refractivity contribution in [2.75, 3.05) is 4.90 Å². The molecule has 1 N–H and O–H groups in total. The van der Waals surface area contributed by atoms with Crippen molar-refractivity contribution in [3.8, 4) is 11.4 Å². The molecule has 0 spiro atoms. The van der Waals surface area contributed by atoms with Crippen LogP contribution in [0.2, 0.25) is 5.02 Å². The van der Waals surface area contributed by atoms with Crippen LogP contribution >= 0.6 is 23.8 Å². The molecule has 5 rings (SSSR count). The highest BCUT2D eigenvalue weighted by Gasteiger charge is 2.35. The molecule has 0 aliphatic carbocycles. The van der Waals surface area contributed by atoms with Crippen LogP contribution in [0.3, 0.4) is 0 Å². The molecule has 1 aliphatic heterocycles. The van der Waals surface area contributed by atoms with Crippen LogP contribution in [-0.4, -0.2) is 15.3 Å². The molecular formula is C26H20ClFN4OS. The number of allylic oxidation sites excluding steroid dienone is 1. The van der Waals surface area contributed by atoms with E-state index >= 15 is 0 Å². The summed E-state index contributed by atoms with van der Waals surface area (Å²) in [5.41, 5.74) is 4.76. The molecular weight excluding hydrogens is 471 g/mol. The highest BCUT2D eigenvalue weighted by atomic mass is 35.5. The summed E-state index contributed by atoms with van der Waals surface area (Å²) in [4.78, 5) is 6.55. The highest BCUT2D eigenvalue weighted by Crippen LogP contribution is 2.40. The van der Waals surface area contributed by atoms with Gasteiger partial charge in [-0.3, -0.25) is 4.90 Å². The van der Waals surface area contributed by atoms with Crippen LogP contribution in [0.1, 0.15) is 30.0 Å². The molecule has 170 valence electrons. The van der Waals surface area contributed by atoms with Gasteiger partial charge < -0.3 is 9.84 Å². The number of thiocarbonyl (C=S) groups is 1. The van der Waals surface area contributed by atoms with Crippen LogP contribution in [0.15, 0.2) is 83.0 Å². The second-order valence-electron chi connectivity index (χ2n) is 7.99. The van der Waals surface area contributed by atoms with E-state index in [1.165, 1.54) is 12.1 Å². The predicted molar refractivity (Wildman–Crippen MR) is 136 cm³/mol. The van der Waals surface area contributed by atoms with Gasteiger partial charge in [-0.1, -0.05) is 65.3 Å². The second kappa shape index (κ2) is 9.00. The number of nitrogens with one attached hydrogen (secondary N) is 1.